The van der Waals surface area contributed by atoms with E-state index >= 15 is 0 Å². The fourth-order valence-corrected chi connectivity index (χ4v) is 3.30. The van der Waals surface area contributed by atoms with Gasteiger partial charge in [-0.3, -0.25) is 9.59 Å². The summed E-state index contributed by atoms with van der Waals surface area (Å²) in [5.41, 5.74) is -0.982. The fourth-order valence-electron chi connectivity index (χ4n) is 3.30. The molecular formula is C23H22F3N3O4. The first kappa shape index (κ1) is 23.8. The molecule has 0 aliphatic carbocycles. The van der Waals surface area contributed by atoms with Crippen molar-refractivity contribution < 1.29 is 27.4 Å². The molecule has 174 valence electrons. The van der Waals surface area contributed by atoms with Crippen LogP contribution < -0.4 is 20.2 Å². The van der Waals surface area contributed by atoms with Crippen LogP contribution in [0.4, 0.5) is 13.2 Å². The molecule has 7 nitrogen and oxygen atoms in total. The number of benzene rings is 2. The van der Waals surface area contributed by atoms with Crippen LogP contribution in [0, 0.1) is 6.92 Å². The molecule has 1 amide bonds. The number of halogens is 3. The number of carbonyl (C=O) groups is 1. The normalized spacial score (nSPS) is 12.2. The SMILES string of the molecule is COc1ccc(C(C)NC(=O)c2nn(-c3cccc(C(F)(F)F)c3)c(C)cc2=O)c(OC)c1. The van der Waals surface area contributed by atoms with Crippen LogP contribution in [0.15, 0.2) is 53.3 Å². The number of ether oxygens (including phenoxy) is 2. The molecule has 0 saturated heterocycles. The summed E-state index contributed by atoms with van der Waals surface area (Å²) in [6.45, 7) is 3.21. The highest BCUT2D eigenvalue weighted by Crippen LogP contribution is 2.31. The minimum Gasteiger partial charge on any atom is -0.497 e. The summed E-state index contributed by atoms with van der Waals surface area (Å²) in [5.74, 6) is 0.268. The van der Waals surface area contributed by atoms with Crippen molar-refractivity contribution in [2.45, 2.75) is 26.1 Å². The van der Waals surface area contributed by atoms with Gasteiger partial charge in [0.25, 0.3) is 5.91 Å². The van der Waals surface area contributed by atoms with Gasteiger partial charge < -0.3 is 14.8 Å². The van der Waals surface area contributed by atoms with Crippen LogP contribution in [-0.2, 0) is 6.18 Å². The quantitative estimate of drug-likeness (QED) is 0.599. The molecule has 0 spiro atoms. The smallest absolute Gasteiger partial charge is 0.416 e. The summed E-state index contributed by atoms with van der Waals surface area (Å²) in [4.78, 5) is 25.3. The van der Waals surface area contributed by atoms with Crippen molar-refractivity contribution in [2.24, 2.45) is 0 Å². The number of aryl methyl sites for hydroxylation is 1. The molecule has 3 rings (SSSR count). The van der Waals surface area contributed by atoms with Crippen LogP contribution in [-0.4, -0.2) is 29.9 Å². The third-order valence-corrected chi connectivity index (χ3v) is 5.00. The van der Waals surface area contributed by atoms with E-state index in [1.54, 1.807) is 25.1 Å². The molecule has 1 aromatic heterocycles. The monoisotopic (exact) mass is 461 g/mol. The number of nitrogens with one attached hydrogen (secondary N) is 1. The summed E-state index contributed by atoms with van der Waals surface area (Å²) in [7, 11) is 2.99. The summed E-state index contributed by atoms with van der Waals surface area (Å²) in [6, 6.07) is 10.1. The standard InChI is InChI=1S/C23H22F3N3O4/c1-13-10-19(30)21(28-29(13)16-7-5-6-15(11-16)23(24,25)26)22(31)27-14(2)18-9-8-17(32-3)12-20(18)33-4/h5-12,14H,1-4H3,(H,27,31). The first-order chi connectivity index (χ1) is 15.5. The third kappa shape index (κ3) is 5.16. The molecule has 1 heterocycles. The average molecular weight is 461 g/mol. The Kier molecular flexibility index (Phi) is 6.75. The van der Waals surface area contributed by atoms with Crippen molar-refractivity contribution in [2.75, 3.05) is 14.2 Å². The number of carbonyl (C=O) groups excluding carboxylic acids is 1. The molecule has 0 aliphatic heterocycles. The second kappa shape index (κ2) is 9.35. The third-order valence-electron chi connectivity index (χ3n) is 5.00. The lowest BCUT2D eigenvalue weighted by Gasteiger charge is -2.18. The van der Waals surface area contributed by atoms with Crippen LogP contribution in [0.1, 0.15) is 40.3 Å². The minimum atomic E-state index is -4.55. The molecule has 1 unspecified atom stereocenters. The van der Waals surface area contributed by atoms with Crippen LogP contribution >= 0.6 is 0 Å². The Bertz CT molecular complexity index is 1240. The first-order valence-corrected chi connectivity index (χ1v) is 9.86. The predicted molar refractivity (Wildman–Crippen MR) is 115 cm³/mol. The van der Waals surface area contributed by atoms with Crippen LogP contribution in [0.3, 0.4) is 0 Å². The van der Waals surface area contributed by atoms with Crippen molar-refractivity contribution in [1.29, 1.82) is 0 Å². The summed E-state index contributed by atoms with van der Waals surface area (Å²) < 4.78 is 51.0. The van der Waals surface area contributed by atoms with Crippen molar-refractivity contribution in [1.82, 2.24) is 15.1 Å². The molecule has 0 fully saturated rings. The molecule has 10 heteroatoms. The van der Waals surface area contributed by atoms with Crippen LogP contribution in [0.5, 0.6) is 11.5 Å². The van der Waals surface area contributed by atoms with Gasteiger partial charge in [-0.2, -0.15) is 18.3 Å². The van der Waals surface area contributed by atoms with Crippen LogP contribution in [0.2, 0.25) is 0 Å². The van der Waals surface area contributed by atoms with E-state index in [2.05, 4.69) is 10.4 Å². The van der Waals surface area contributed by atoms with E-state index < -0.39 is 34.8 Å². The van der Waals surface area contributed by atoms with E-state index in [4.69, 9.17) is 9.47 Å². The number of hydrogen-bond donors (Lipinski definition) is 1. The second-order valence-electron chi connectivity index (χ2n) is 7.26. The van der Waals surface area contributed by atoms with Gasteiger partial charge in [0.1, 0.15) is 11.5 Å². The summed E-state index contributed by atoms with van der Waals surface area (Å²) in [6.07, 6.45) is -4.55. The molecular weight excluding hydrogens is 439 g/mol. The molecule has 3 aromatic rings. The van der Waals surface area contributed by atoms with Crippen LogP contribution in [0.25, 0.3) is 5.69 Å². The molecule has 0 bridgehead atoms. The number of nitrogens with zero attached hydrogens (tertiary/aromatic N) is 2. The number of methoxy groups -OCH3 is 2. The van der Waals surface area contributed by atoms with Gasteiger partial charge in [0.05, 0.1) is 31.5 Å². The van der Waals surface area contributed by atoms with Gasteiger partial charge in [-0.1, -0.05) is 6.07 Å². The lowest BCUT2D eigenvalue weighted by molar-refractivity contribution is -0.137. The average Bonchev–Trinajstić information content (AvgIpc) is 2.78. The molecule has 33 heavy (non-hydrogen) atoms. The number of hydrogen-bond acceptors (Lipinski definition) is 5. The van der Waals surface area contributed by atoms with E-state index in [0.717, 1.165) is 22.9 Å². The maximum atomic E-state index is 13.1. The van der Waals surface area contributed by atoms with Crippen molar-refractivity contribution >= 4 is 5.91 Å². The van der Waals surface area contributed by atoms with E-state index in [0.29, 0.717) is 17.1 Å². The Morgan fingerprint density at radius 1 is 1.09 bits per heavy atom. The van der Waals surface area contributed by atoms with Gasteiger partial charge >= 0.3 is 6.18 Å². The van der Waals surface area contributed by atoms with Gasteiger partial charge in [0.15, 0.2) is 5.69 Å². The minimum absolute atomic E-state index is 0.0706. The van der Waals surface area contributed by atoms with E-state index in [1.807, 2.05) is 0 Å². The molecule has 1 N–H and O–H groups in total. The zero-order chi connectivity index (χ0) is 24.3. The molecule has 2 aromatic carbocycles. The van der Waals surface area contributed by atoms with Crippen molar-refractivity contribution in [3.05, 3.63) is 81.3 Å². The highest BCUT2D eigenvalue weighted by molar-refractivity contribution is 5.92. The number of rotatable bonds is 6. The van der Waals surface area contributed by atoms with Crippen molar-refractivity contribution in [3.8, 4) is 17.2 Å². The van der Waals surface area contributed by atoms with E-state index in [-0.39, 0.29) is 11.4 Å². The van der Waals surface area contributed by atoms with Gasteiger partial charge in [0.2, 0.25) is 5.43 Å². The molecule has 0 radical (unpaired) electrons. The lowest BCUT2D eigenvalue weighted by Crippen LogP contribution is -2.33. The first-order valence-electron chi connectivity index (χ1n) is 9.86. The van der Waals surface area contributed by atoms with Crippen molar-refractivity contribution in [3.63, 3.8) is 0 Å². The lowest BCUT2D eigenvalue weighted by atomic mass is 10.1. The van der Waals surface area contributed by atoms with Gasteiger partial charge in [-0.15, -0.1) is 0 Å². The highest BCUT2D eigenvalue weighted by Gasteiger charge is 2.30. The number of aromatic nitrogens is 2. The molecule has 0 saturated carbocycles. The number of alkyl halides is 3. The maximum Gasteiger partial charge on any atom is 0.416 e. The topological polar surface area (TPSA) is 82.5 Å². The Morgan fingerprint density at radius 3 is 2.45 bits per heavy atom. The van der Waals surface area contributed by atoms with Gasteiger partial charge in [0, 0.05) is 23.4 Å². The zero-order valence-electron chi connectivity index (χ0n) is 18.4. The van der Waals surface area contributed by atoms with E-state index in [9.17, 15) is 22.8 Å². The summed E-state index contributed by atoms with van der Waals surface area (Å²) >= 11 is 0. The zero-order valence-corrected chi connectivity index (χ0v) is 18.4. The highest BCUT2D eigenvalue weighted by atomic mass is 19.4. The largest absolute Gasteiger partial charge is 0.497 e. The predicted octanol–water partition coefficient (Wildman–Crippen LogP) is 4.07. The Labute approximate surface area is 187 Å². The number of amides is 1. The maximum absolute atomic E-state index is 13.1. The summed E-state index contributed by atoms with van der Waals surface area (Å²) in [5, 5.41) is 6.74. The fraction of sp³-hybridized carbons (Fsp3) is 0.261. The van der Waals surface area contributed by atoms with E-state index in [1.165, 1.54) is 33.3 Å². The Hall–Kier alpha value is -3.82. The van der Waals surface area contributed by atoms with Gasteiger partial charge in [-0.25, -0.2) is 4.68 Å². The Morgan fingerprint density at radius 2 is 1.82 bits per heavy atom. The van der Waals surface area contributed by atoms with Gasteiger partial charge in [-0.05, 0) is 44.2 Å². The second-order valence-corrected chi connectivity index (χ2v) is 7.26. The Balaban J connectivity index is 1.95. The molecule has 0 aliphatic rings. The molecule has 1 atom stereocenters.